The maximum Gasteiger partial charge on any atom is 0.323 e. The minimum Gasteiger partial charge on any atom is -0.310 e. The molecule has 2 heterocycles. The number of amides is 2. The Balaban J connectivity index is 2.33. The van der Waals surface area contributed by atoms with Crippen molar-refractivity contribution in [3.05, 3.63) is 22.4 Å². The van der Waals surface area contributed by atoms with Crippen LogP contribution in [0.5, 0.6) is 0 Å². The van der Waals surface area contributed by atoms with Gasteiger partial charge in [-0.2, -0.15) is 11.3 Å². The van der Waals surface area contributed by atoms with Crippen molar-refractivity contribution >= 4 is 23.2 Å². The van der Waals surface area contributed by atoms with Crippen LogP contribution in [-0.4, -0.2) is 23.3 Å². The standard InChI is InChI=1S/C9H11N3OS/c1-2-12-7(6-3-4-14-5-6)8(10)11-9(12)13/h3-5,7H,2H2,1H3,(H2,10,11,13). The quantitative estimate of drug-likeness (QED) is 0.766. The fourth-order valence-electron chi connectivity index (χ4n) is 1.63. The number of nitrogens with zero attached hydrogens (tertiary/aromatic N) is 1. The van der Waals surface area contributed by atoms with Crippen LogP contribution in [0.25, 0.3) is 0 Å². The largest absolute Gasteiger partial charge is 0.323 e. The summed E-state index contributed by atoms with van der Waals surface area (Å²) in [6.07, 6.45) is 0. The number of hydrogen-bond donors (Lipinski definition) is 2. The Labute approximate surface area is 86.0 Å². The molecule has 4 nitrogen and oxygen atoms in total. The fraction of sp³-hybridized carbons (Fsp3) is 0.333. The third-order valence-corrected chi connectivity index (χ3v) is 2.99. The summed E-state index contributed by atoms with van der Waals surface area (Å²) in [7, 11) is 0. The first-order valence-electron chi connectivity index (χ1n) is 4.42. The Hall–Kier alpha value is -1.36. The second-order valence-electron chi connectivity index (χ2n) is 3.09. The van der Waals surface area contributed by atoms with Crippen molar-refractivity contribution in [1.29, 1.82) is 5.41 Å². The van der Waals surface area contributed by atoms with Crippen molar-refractivity contribution in [2.45, 2.75) is 13.0 Å². The molecule has 0 bridgehead atoms. The highest BCUT2D eigenvalue weighted by Gasteiger charge is 2.35. The van der Waals surface area contributed by atoms with Gasteiger partial charge in [0.05, 0.1) is 0 Å². The molecule has 2 N–H and O–H groups in total. The molecule has 1 aromatic heterocycles. The summed E-state index contributed by atoms with van der Waals surface area (Å²) in [6.45, 7) is 2.53. The van der Waals surface area contributed by atoms with E-state index >= 15 is 0 Å². The molecule has 0 aromatic carbocycles. The summed E-state index contributed by atoms with van der Waals surface area (Å²) >= 11 is 1.58. The number of rotatable bonds is 2. The monoisotopic (exact) mass is 209 g/mol. The van der Waals surface area contributed by atoms with Crippen molar-refractivity contribution in [3.8, 4) is 0 Å². The van der Waals surface area contributed by atoms with Gasteiger partial charge in [0.1, 0.15) is 11.9 Å². The van der Waals surface area contributed by atoms with Crippen LogP contribution < -0.4 is 5.32 Å². The lowest BCUT2D eigenvalue weighted by Gasteiger charge is -2.19. The molecule has 14 heavy (non-hydrogen) atoms. The first-order chi connectivity index (χ1) is 6.74. The molecule has 1 saturated heterocycles. The molecular weight excluding hydrogens is 198 g/mol. The Bertz CT molecular complexity index is 360. The first-order valence-corrected chi connectivity index (χ1v) is 5.36. The lowest BCUT2D eigenvalue weighted by molar-refractivity contribution is 0.209. The van der Waals surface area contributed by atoms with Crippen LogP contribution >= 0.6 is 11.3 Å². The van der Waals surface area contributed by atoms with Crippen LogP contribution in [0.15, 0.2) is 16.8 Å². The highest BCUT2D eigenvalue weighted by molar-refractivity contribution is 7.08. The van der Waals surface area contributed by atoms with E-state index in [1.807, 2.05) is 23.8 Å². The Morgan fingerprint density at radius 1 is 1.71 bits per heavy atom. The average molecular weight is 209 g/mol. The zero-order chi connectivity index (χ0) is 10.1. The summed E-state index contributed by atoms with van der Waals surface area (Å²) < 4.78 is 0. The molecule has 0 saturated carbocycles. The minimum absolute atomic E-state index is 0.172. The van der Waals surface area contributed by atoms with Crippen molar-refractivity contribution in [3.63, 3.8) is 0 Å². The molecule has 0 radical (unpaired) electrons. The summed E-state index contributed by atoms with van der Waals surface area (Å²) in [6, 6.07) is 1.57. The number of nitrogens with one attached hydrogen (secondary N) is 2. The van der Waals surface area contributed by atoms with E-state index in [0.29, 0.717) is 6.54 Å². The molecule has 1 atom stereocenters. The summed E-state index contributed by atoms with van der Waals surface area (Å²) in [5, 5.41) is 14.1. The zero-order valence-corrected chi connectivity index (χ0v) is 8.60. The summed E-state index contributed by atoms with van der Waals surface area (Å²) in [5.74, 6) is 0.273. The lowest BCUT2D eigenvalue weighted by Crippen LogP contribution is -2.29. The lowest BCUT2D eigenvalue weighted by atomic mass is 10.1. The van der Waals surface area contributed by atoms with Crippen molar-refractivity contribution in [1.82, 2.24) is 10.2 Å². The SMILES string of the molecule is CCN1C(=O)NC(=N)C1c1ccsc1. The van der Waals surface area contributed by atoms with E-state index in [-0.39, 0.29) is 17.9 Å². The third-order valence-electron chi connectivity index (χ3n) is 2.29. The predicted octanol–water partition coefficient (Wildman–Crippen LogP) is 1.81. The van der Waals surface area contributed by atoms with Gasteiger partial charge < -0.3 is 4.90 Å². The van der Waals surface area contributed by atoms with Crippen molar-refractivity contribution in [2.75, 3.05) is 6.54 Å². The topological polar surface area (TPSA) is 56.2 Å². The van der Waals surface area contributed by atoms with E-state index in [4.69, 9.17) is 5.41 Å². The number of likely N-dealkylation sites (N-methyl/N-ethyl adjacent to an activating group) is 1. The molecule has 1 aliphatic heterocycles. The van der Waals surface area contributed by atoms with Gasteiger partial charge in [0, 0.05) is 6.54 Å². The second-order valence-corrected chi connectivity index (χ2v) is 3.87. The molecule has 2 rings (SSSR count). The van der Waals surface area contributed by atoms with Crippen LogP contribution in [0.4, 0.5) is 4.79 Å². The van der Waals surface area contributed by atoms with Gasteiger partial charge in [0.2, 0.25) is 0 Å². The third kappa shape index (κ3) is 1.29. The number of hydrogen-bond acceptors (Lipinski definition) is 3. The molecule has 1 unspecified atom stereocenters. The first kappa shape index (κ1) is 9.21. The number of carbonyl (C=O) groups is 1. The van der Waals surface area contributed by atoms with E-state index in [9.17, 15) is 4.79 Å². The molecule has 1 fully saturated rings. The van der Waals surface area contributed by atoms with Gasteiger partial charge in [0.25, 0.3) is 0 Å². The number of urea groups is 1. The molecule has 2 amide bonds. The molecule has 0 spiro atoms. The van der Waals surface area contributed by atoms with Gasteiger partial charge in [-0.15, -0.1) is 0 Å². The van der Waals surface area contributed by atoms with Crippen LogP contribution in [0.2, 0.25) is 0 Å². The molecule has 1 aromatic rings. The van der Waals surface area contributed by atoms with Gasteiger partial charge in [-0.05, 0) is 29.3 Å². The smallest absolute Gasteiger partial charge is 0.310 e. The second kappa shape index (κ2) is 3.42. The molecule has 5 heteroatoms. The van der Waals surface area contributed by atoms with E-state index in [0.717, 1.165) is 5.56 Å². The Morgan fingerprint density at radius 3 is 3.07 bits per heavy atom. The van der Waals surface area contributed by atoms with E-state index in [2.05, 4.69) is 5.32 Å². The molecule has 74 valence electrons. The molecule has 1 aliphatic rings. The summed E-state index contributed by atoms with van der Waals surface area (Å²) in [5.41, 5.74) is 1.01. The molecular formula is C9H11N3OS. The van der Waals surface area contributed by atoms with Crippen LogP contribution in [0.1, 0.15) is 18.5 Å². The van der Waals surface area contributed by atoms with Gasteiger partial charge in [0.15, 0.2) is 0 Å². The van der Waals surface area contributed by atoms with E-state index in [1.54, 1.807) is 16.2 Å². The number of amidine groups is 1. The fourth-order valence-corrected chi connectivity index (χ4v) is 2.31. The number of thiophene rings is 1. The highest BCUT2D eigenvalue weighted by Crippen LogP contribution is 2.26. The zero-order valence-electron chi connectivity index (χ0n) is 7.78. The van der Waals surface area contributed by atoms with Gasteiger partial charge >= 0.3 is 6.03 Å². The highest BCUT2D eigenvalue weighted by atomic mass is 32.1. The minimum atomic E-state index is -0.209. The van der Waals surface area contributed by atoms with Crippen LogP contribution in [0, 0.1) is 5.41 Å². The van der Waals surface area contributed by atoms with Gasteiger partial charge in [-0.25, -0.2) is 4.79 Å². The maximum atomic E-state index is 11.4. The van der Waals surface area contributed by atoms with Crippen molar-refractivity contribution < 1.29 is 4.79 Å². The normalized spacial score (nSPS) is 21.5. The van der Waals surface area contributed by atoms with Gasteiger partial charge in [-0.3, -0.25) is 10.7 Å². The van der Waals surface area contributed by atoms with E-state index in [1.165, 1.54) is 0 Å². The van der Waals surface area contributed by atoms with Gasteiger partial charge in [-0.1, -0.05) is 0 Å². The average Bonchev–Trinajstić information content (AvgIpc) is 2.72. The van der Waals surface area contributed by atoms with Crippen molar-refractivity contribution in [2.24, 2.45) is 0 Å². The Kier molecular flexibility index (Phi) is 2.25. The maximum absolute atomic E-state index is 11.4. The van der Waals surface area contributed by atoms with Crippen LogP contribution in [-0.2, 0) is 0 Å². The predicted molar refractivity (Wildman–Crippen MR) is 55.7 cm³/mol. The van der Waals surface area contributed by atoms with Crippen LogP contribution in [0.3, 0.4) is 0 Å². The number of carbonyl (C=O) groups excluding carboxylic acids is 1. The van der Waals surface area contributed by atoms with E-state index < -0.39 is 0 Å². The Morgan fingerprint density at radius 2 is 2.50 bits per heavy atom. The summed E-state index contributed by atoms with van der Waals surface area (Å²) in [4.78, 5) is 13.1. The molecule has 0 aliphatic carbocycles.